The second kappa shape index (κ2) is 5.81. The average molecular weight is 244 g/mol. The van der Waals surface area contributed by atoms with Crippen LogP contribution in [0.1, 0.15) is 87.3 Å². The van der Waals surface area contributed by atoms with E-state index in [4.69, 9.17) is 0 Å². The standard InChI is InChI=1S/C16H24N2/c1-3-7-13(8-4-1)15-11-12-17-18-16(15)14-9-5-2-6-10-14/h11-14H,1-10H2. The topological polar surface area (TPSA) is 25.8 Å². The quantitative estimate of drug-likeness (QED) is 0.761. The molecule has 0 aliphatic heterocycles. The molecule has 0 unspecified atom stereocenters. The lowest BCUT2D eigenvalue weighted by Gasteiger charge is -2.28. The van der Waals surface area contributed by atoms with Gasteiger partial charge >= 0.3 is 0 Å². The van der Waals surface area contributed by atoms with Gasteiger partial charge in [0, 0.05) is 12.1 Å². The van der Waals surface area contributed by atoms with Crippen molar-refractivity contribution in [1.29, 1.82) is 0 Å². The molecule has 0 atom stereocenters. The van der Waals surface area contributed by atoms with Crippen LogP contribution in [0.4, 0.5) is 0 Å². The molecule has 2 saturated carbocycles. The Kier molecular flexibility index (Phi) is 3.92. The fraction of sp³-hybridized carbons (Fsp3) is 0.750. The first kappa shape index (κ1) is 12.1. The third-order valence-corrected chi connectivity index (χ3v) is 4.82. The molecule has 2 aliphatic carbocycles. The summed E-state index contributed by atoms with van der Waals surface area (Å²) in [5.41, 5.74) is 2.89. The summed E-state index contributed by atoms with van der Waals surface area (Å²) in [6.07, 6.45) is 15.7. The van der Waals surface area contributed by atoms with E-state index in [1.165, 1.54) is 75.5 Å². The van der Waals surface area contributed by atoms with Crippen molar-refractivity contribution in [3.63, 3.8) is 0 Å². The van der Waals surface area contributed by atoms with E-state index in [1.807, 2.05) is 6.20 Å². The first-order chi connectivity index (χ1) is 8.95. The fourth-order valence-electron chi connectivity index (χ4n) is 3.80. The van der Waals surface area contributed by atoms with Gasteiger partial charge < -0.3 is 0 Å². The van der Waals surface area contributed by atoms with Crippen LogP contribution in [0.2, 0.25) is 0 Å². The minimum absolute atomic E-state index is 0.698. The van der Waals surface area contributed by atoms with Gasteiger partial charge in [-0.2, -0.15) is 10.2 Å². The van der Waals surface area contributed by atoms with Crippen LogP contribution in [-0.4, -0.2) is 10.2 Å². The van der Waals surface area contributed by atoms with E-state index in [0.717, 1.165) is 5.92 Å². The van der Waals surface area contributed by atoms with Gasteiger partial charge in [-0.25, -0.2) is 0 Å². The predicted octanol–water partition coefficient (Wildman–Crippen LogP) is 4.57. The average Bonchev–Trinajstić information content (AvgIpc) is 2.49. The summed E-state index contributed by atoms with van der Waals surface area (Å²) in [4.78, 5) is 0. The number of hydrogen-bond acceptors (Lipinski definition) is 2. The smallest absolute Gasteiger partial charge is 0.0696 e. The van der Waals surface area contributed by atoms with Gasteiger partial charge in [0.2, 0.25) is 0 Å². The highest BCUT2D eigenvalue weighted by molar-refractivity contribution is 5.26. The molecule has 2 aliphatic rings. The number of nitrogens with zero attached hydrogens (tertiary/aromatic N) is 2. The molecule has 1 heterocycles. The molecule has 2 fully saturated rings. The molecule has 3 rings (SSSR count). The van der Waals surface area contributed by atoms with Crippen LogP contribution in [0.3, 0.4) is 0 Å². The monoisotopic (exact) mass is 244 g/mol. The van der Waals surface area contributed by atoms with Crippen LogP contribution < -0.4 is 0 Å². The van der Waals surface area contributed by atoms with E-state index < -0.39 is 0 Å². The van der Waals surface area contributed by atoms with Gasteiger partial charge in [-0.3, -0.25) is 0 Å². The molecule has 2 heteroatoms. The summed E-state index contributed by atoms with van der Waals surface area (Å²) < 4.78 is 0. The van der Waals surface area contributed by atoms with E-state index in [9.17, 15) is 0 Å². The highest BCUT2D eigenvalue weighted by Crippen LogP contribution is 2.39. The molecule has 0 radical (unpaired) electrons. The zero-order valence-corrected chi connectivity index (χ0v) is 11.3. The molecular formula is C16H24N2. The van der Waals surface area contributed by atoms with Crippen molar-refractivity contribution < 1.29 is 0 Å². The maximum Gasteiger partial charge on any atom is 0.0696 e. The van der Waals surface area contributed by atoms with E-state index >= 15 is 0 Å². The van der Waals surface area contributed by atoms with Crippen molar-refractivity contribution in [2.45, 2.75) is 76.0 Å². The summed E-state index contributed by atoms with van der Waals surface area (Å²) in [6, 6.07) is 2.26. The van der Waals surface area contributed by atoms with Crippen molar-refractivity contribution in [2.75, 3.05) is 0 Å². The minimum Gasteiger partial charge on any atom is -0.159 e. The highest BCUT2D eigenvalue weighted by atomic mass is 15.1. The van der Waals surface area contributed by atoms with E-state index in [2.05, 4.69) is 16.3 Å². The lowest BCUT2D eigenvalue weighted by Crippen LogP contribution is -2.14. The number of hydrogen-bond donors (Lipinski definition) is 0. The molecule has 2 nitrogen and oxygen atoms in total. The van der Waals surface area contributed by atoms with Crippen molar-refractivity contribution in [2.24, 2.45) is 0 Å². The first-order valence-corrected chi connectivity index (χ1v) is 7.76. The Hall–Kier alpha value is -0.920. The Morgan fingerprint density at radius 3 is 2.06 bits per heavy atom. The van der Waals surface area contributed by atoms with Gasteiger partial charge in [-0.15, -0.1) is 0 Å². The molecule has 0 bridgehead atoms. The summed E-state index contributed by atoms with van der Waals surface area (Å²) >= 11 is 0. The second-order valence-corrected chi connectivity index (χ2v) is 6.04. The van der Waals surface area contributed by atoms with Gasteiger partial charge in [0.25, 0.3) is 0 Å². The third kappa shape index (κ3) is 2.57. The number of aromatic nitrogens is 2. The Balaban J connectivity index is 1.83. The Bertz CT molecular complexity index is 339. The van der Waals surface area contributed by atoms with Crippen molar-refractivity contribution in [3.05, 3.63) is 23.5 Å². The van der Waals surface area contributed by atoms with Crippen LogP contribution in [0, 0.1) is 0 Å². The largest absolute Gasteiger partial charge is 0.159 e. The second-order valence-electron chi connectivity index (χ2n) is 6.04. The Morgan fingerprint density at radius 2 is 1.39 bits per heavy atom. The van der Waals surface area contributed by atoms with Crippen LogP contribution in [0.5, 0.6) is 0 Å². The highest BCUT2D eigenvalue weighted by Gasteiger charge is 2.25. The zero-order chi connectivity index (χ0) is 12.2. The van der Waals surface area contributed by atoms with Crippen LogP contribution >= 0.6 is 0 Å². The SMILES string of the molecule is c1cc(C2CCCCC2)c(C2CCCCC2)nn1. The lowest BCUT2D eigenvalue weighted by molar-refractivity contribution is 0.410. The molecule has 0 amide bonds. The molecule has 98 valence electrons. The number of rotatable bonds is 2. The minimum atomic E-state index is 0.698. The molecule has 0 aromatic carbocycles. The fourth-order valence-corrected chi connectivity index (χ4v) is 3.80. The molecular weight excluding hydrogens is 220 g/mol. The third-order valence-electron chi connectivity index (χ3n) is 4.82. The predicted molar refractivity (Wildman–Crippen MR) is 73.7 cm³/mol. The molecule has 0 N–H and O–H groups in total. The normalized spacial score (nSPS) is 23.1. The lowest BCUT2D eigenvalue weighted by atomic mass is 9.78. The Morgan fingerprint density at radius 1 is 0.778 bits per heavy atom. The molecule has 18 heavy (non-hydrogen) atoms. The van der Waals surface area contributed by atoms with Gasteiger partial charge in [-0.1, -0.05) is 38.5 Å². The summed E-state index contributed by atoms with van der Waals surface area (Å²) in [7, 11) is 0. The van der Waals surface area contributed by atoms with E-state index in [0.29, 0.717) is 5.92 Å². The van der Waals surface area contributed by atoms with Gasteiger partial charge in [0.1, 0.15) is 0 Å². The van der Waals surface area contributed by atoms with Crippen molar-refractivity contribution in [3.8, 4) is 0 Å². The summed E-state index contributed by atoms with van der Waals surface area (Å²) in [5.74, 6) is 1.47. The van der Waals surface area contributed by atoms with Gasteiger partial charge in [0.15, 0.2) is 0 Å². The first-order valence-electron chi connectivity index (χ1n) is 7.76. The molecule has 1 aromatic rings. The van der Waals surface area contributed by atoms with E-state index in [1.54, 1.807) is 0 Å². The Labute approximate surface area is 110 Å². The van der Waals surface area contributed by atoms with Crippen molar-refractivity contribution >= 4 is 0 Å². The van der Waals surface area contributed by atoms with Crippen LogP contribution in [0.25, 0.3) is 0 Å². The maximum atomic E-state index is 4.53. The van der Waals surface area contributed by atoms with Crippen LogP contribution in [-0.2, 0) is 0 Å². The molecule has 0 spiro atoms. The summed E-state index contributed by atoms with van der Waals surface area (Å²) in [6.45, 7) is 0. The van der Waals surface area contributed by atoms with Crippen LogP contribution in [0.15, 0.2) is 12.3 Å². The molecule has 0 saturated heterocycles. The van der Waals surface area contributed by atoms with Gasteiger partial charge in [-0.05, 0) is 43.2 Å². The zero-order valence-electron chi connectivity index (χ0n) is 11.3. The summed E-state index contributed by atoms with van der Waals surface area (Å²) in [5, 5.41) is 8.69. The maximum absolute atomic E-state index is 4.53. The van der Waals surface area contributed by atoms with E-state index in [-0.39, 0.29) is 0 Å². The van der Waals surface area contributed by atoms with Gasteiger partial charge in [0.05, 0.1) is 5.69 Å². The molecule has 1 aromatic heterocycles. The van der Waals surface area contributed by atoms with Crippen molar-refractivity contribution in [1.82, 2.24) is 10.2 Å².